The number of sulfonamides is 1. The van der Waals surface area contributed by atoms with Gasteiger partial charge in [-0.2, -0.15) is 4.31 Å². The lowest BCUT2D eigenvalue weighted by Gasteiger charge is -2.16. The van der Waals surface area contributed by atoms with Crippen molar-refractivity contribution in [3.63, 3.8) is 0 Å². The van der Waals surface area contributed by atoms with Crippen LogP contribution in [0.4, 0.5) is 0 Å². The number of esters is 1. The van der Waals surface area contributed by atoms with Crippen molar-refractivity contribution >= 4 is 16.0 Å². The van der Waals surface area contributed by atoms with E-state index in [0.717, 1.165) is 31.2 Å². The molecule has 0 saturated carbocycles. The molecule has 2 aliphatic rings. The SMILES string of the molecule is O=C(O[C@@H]1CCc2ccccc21)c1ccc(S(=O)(=O)N2CCCC2)cc1. The van der Waals surface area contributed by atoms with E-state index in [4.69, 9.17) is 4.74 Å². The Morgan fingerprint density at radius 2 is 1.69 bits per heavy atom. The number of ether oxygens (including phenoxy) is 1. The van der Waals surface area contributed by atoms with Crippen molar-refractivity contribution < 1.29 is 17.9 Å². The van der Waals surface area contributed by atoms with Crippen LogP contribution in [-0.4, -0.2) is 31.8 Å². The molecule has 0 aromatic heterocycles. The summed E-state index contributed by atoms with van der Waals surface area (Å²) in [6.07, 6.45) is 3.25. The first kappa shape index (κ1) is 17.2. The van der Waals surface area contributed by atoms with Crippen LogP contribution in [0.1, 0.15) is 46.9 Å². The van der Waals surface area contributed by atoms with Crippen LogP contribution in [0.3, 0.4) is 0 Å². The Kier molecular flexibility index (Phi) is 4.54. The topological polar surface area (TPSA) is 63.7 Å². The first-order chi connectivity index (χ1) is 12.6. The Hall–Kier alpha value is -2.18. The fraction of sp³-hybridized carbons (Fsp3) is 0.350. The lowest BCUT2D eigenvalue weighted by molar-refractivity contribution is 0.0301. The minimum absolute atomic E-state index is 0.224. The quantitative estimate of drug-likeness (QED) is 0.774. The van der Waals surface area contributed by atoms with Gasteiger partial charge in [-0.05, 0) is 61.1 Å². The molecule has 0 N–H and O–H groups in total. The second-order valence-corrected chi connectivity index (χ2v) is 8.70. The van der Waals surface area contributed by atoms with Crippen molar-refractivity contribution in [1.29, 1.82) is 0 Å². The van der Waals surface area contributed by atoms with Crippen LogP contribution in [0, 0.1) is 0 Å². The van der Waals surface area contributed by atoms with Gasteiger partial charge in [0.05, 0.1) is 10.5 Å². The maximum absolute atomic E-state index is 12.5. The van der Waals surface area contributed by atoms with Gasteiger partial charge in [-0.3, -0.25) is 0 Å². The molecule has 1 saturated heterocycles. The number of rotatable bonds is 4. The molecule has 136 valence electrons. The Morgan fingerprint density at radius 1 is 1.00 bits per heavy atom. The van der Waals surface area contributed by atoms with E-state index < -0.39 is 16.0 Å². The van der Waals surface area contributed by atoms with Gasteiger partial charge in [-0.25, -0.2) is 13.2 Å². The van der Waals surface area contributed by atoms with Crippen molar-refractivity contribution in [2.75, 3.05) is 13.1 Å². The summed E-state index contributed by atoms with van der Waals surface area (Å²) in [5.74, 6) is -0.420. The molecular weight excluding hydrogens is 350 g/mol. The number of carbonyl (C=O) groups is 1. The van der Waals surface area contributed by atoms with E-state index in [9.17, 15) is 13.2 Å². The van der Waals surface area contributed by atoms with Gasteiger partial charge in [-0.15, -0.1) is 0 Å². The molecule has 1 aliphatic heterocycles. The number of hydrogen-bond acceptors (Lipinski definition) is 4. The summed E-state index contributed by atoms with van der Waals surface area (Å²) in [6.45, 7) is 1.13. The Bertz CT molecular complexity index is 915. The normalized spacial score (nSPS) is 20.1. The molecule has 0 amide bonds. The number of nitrogens with zero attached hydrogens (tertiary/aromatic N) is 1. The molecule has 0 radical (unpaired) electrons. The van der Waals surface area contributed by atoms with E-state index >= 15 is 0 Å². The summed E-state index contributed by atoms with van der Waals surface area (Å²) in [6, 6.07) is 14.0. The smallest absolute Gasteiger partial charge is 0.338 e. The number of hydrogen-bond donors (Lipinski definition) is 0. The maximum Gasteiger partial charge on any atom is 0.338 e. The van der Waals surface area contributed by atoms with Crippen molar-refractivity contribution in [2.45, 2.75) is 36.7 Å². The average Bonchev–Trinajstić information content (AvgIpc) is 3.33. The predicted octanol–water partition coefficient (Wildman–Crippen LogP) is 3.32. The molecule has 2 aromatic carbocycles. The van der Waals surface area contributed by atoms with E-state index in [1.54, 1.807) is 0 Å². The van der Waals surface area contributed by atoms with Gasteiger partial charge in [0.15, 0.2) is 0 Å². The number of benzene rings is 2. The number of fused-ring (bicyclic) bond motifs is 1. The maximum atomic E-state index is 12.5. The van der Waals surface area contributed by atoms with Crippen LogP contribution >= 0.6 is 0 Å². The van der Waals surface area contributed by atoms with Gasteiger partial charge in [0.2, 0.25) is 10.0 Å². The molecule has 0 bridgehead atoms. The van der Waals surface area contributed by atoms with Crippen LogP contribution in [-0.2, 0) is 21.2 Å². The molecular formula is C20H21NO4S. The van der Waals surface area contributed by atoms with E-state index in [0.29, 0.717) is 18.7 Å². The zero-order valence-electron chi connectivity index (χ0n) is 14.4. The van der Waals surface area contributed by atoms with Gasteiger partial charge < -0.3 is 4.74 Å². The molecule has 1 fully saturated rings. The van der Waals surface area contributed by atoms with E-state index in [1.165, 1.54) is 34.1 Å². The average molecular weight is 371 g/mol. The lowest BCUT2D eigenvalue weighted by Crippen LogP contribution is -2.27. The lowest BCUT2D eigenvalue weighted by atomic mass is 10.1. The van der Waals surface area contributed by atoms with E-state index in [1.807, 2.05) is 18.2 Å². The number of carbonyl (C=O) groups excluding carboxylic acids is 1. The highest BCUT2D eigenvalue weighted by atomic mass is 32.2. The summed E-state index contributed by atoms with van der Waals surface area (Å²) in [7, 11) is -3.46. The fourth-order valence-electron chi connectivity index (χ4n) is 3.68. The Balaban J connectivity index is 1.48. The summed E-state index contributed by atoms with van der Waals surface area (Å²) < 4.78 is 32.2. The summed E-state index contributed by atoms with van der Waals surface area (Å²) in [5.41, 5.74) is 2.65. The summed E-state index contributed by atoms with van der Waals surface area (Å²) >= 11 is 0. The van der Waals surface area contributed by atoms with E-state index in [2.05, 4.69) is 6.07 Å². The summed E-state index contributed by atoms with van der Waals surface area (Å²) in [5, 5.41) is 0. The molecule has 2 aromatic rings. The summed E-state index contributed by atoms with van der Waals surface area (Å²) in [4.78, 5) is 12.7. The van der Waals surface area contributed by atoms with Gasteiger partial charge in [0.25, 0.3) is 0 Å². The Labute approximate surface area is 153 Å². The Morgan fingerprint density at radius 3 is 2.42 bits per heavy atom. The largest absolute Gasteiger partial charge is 0.454 e. The highest BCUT2D eigenvalue weighted by Crippen LogP contribution is 2.34. The van der Waals surface area contributed by atoms with E-state index in [-0.39, 0.29) is 11.0 Å². The molecule has 1 aliphatic carbocycles. The third kappa shape index (κ3) is 3.15. The predicted molar refractivity (Wildman–Crippen MR) is 97.4 cm³/mol. The molecule has 1 atom stereocenters. The monoisotopic (exact) mass is 371 g/mol. The second kappa shape index (κ2) is 6.85. The van der Waals surface area contributed by atoms with Crippen LogP contribution in [0.25, 0.3) is 0 Å². The highest BCUT2D eigenvalue weighted by molar-refractivity contribution is 7.89. The van der Waals surface area contributed by atoms with Crippen LogP contribution < -0.4 is 0 Å². The zero-order valence-corrected chi connectivity index (χ0v) is 15.2. The molecule has 0 unspecified atom stereocenters. The van der Waals surface area contributed by atoms with Crippen molar-refractivity contribution in [2.24, 2.45) is 0 Å². The second-order valence-electron chi connectivity index (χ2n) is 6.77. The zero-order chi connectivity index (χ0) is 18.1. The molecule has 26 heavy (non-hydrogen) atoms. The standard InChI is InChI=1S/C20H21NO4S/c22-20(25-19-12-9-15-5-1-2-6-18(15)19)16-7-10-17(11-8-16)26(23,24)21-13-3-4-14-21/h1-2,5-8,10-11,19H,3-4,9,12-14H2/t19-/m1/s1. The molecule has 1 heterocycles. The van der Waals surface area contributed by atoms with Crippen LogP contribution in [0.2, 0.25) is 0 Å². The third-order valence-corrected chi connectivity index (χ3v) is 7.03. The third-order valence-electron chi connectivity index (χ3n) is 5.12. The van der Waals surface area contributed by atoms with Gasteiger partial charge in [0.1, 0.15) is 6.10 Å². The first-order valence-corrected chi connectivity index (χ1v) is 10.4. The molecule has 5 nitrogen and oxygen atoms in total. The molecule has 0 spiro atoms. The van der Waals surface area contributed by atoms with Crippen LogP contribution in [0.5, 0.6) is 0 Å². The first-order valence-electron chi connectivity index (χ1n) is 8.95. The van der Waals surface area contributed by atoms with Crippen molar-refractivity contribution in [3.05, 3.63) is 65.2 Å². The van der Waals surface area contributed by atoms with Gasteiger partial charge in [-0.1, -0.05) is 24.3 Å². The van der Waals surface area contributed by atoms with Gasteiger partial charge in [0, 0.05) is 13.1 Å². The van der Waals surface area contributed by atoms with Crippen molar-refractivity contribution in [3.8, 4) is 0 Å². The molecule has 4 rings (SSSR count). The number of aryl methyl sites for hydroxylation is 1. The van der Waals surface area contributed by atoms with Crippen LogP contribution in [0.15, 0.2) is 53.4 Å². The fourth-order valence-corrected chi connectivity index (χ4v) is 5.20. The van der Waals surface area contributed by atoms with Crippen molar-refractivity contribution in [1.82, 2.24) is 4.31 Å². The van der Waals surface area contributed by atoms with Gasteiger partial charge >= 0.3 is 5.97 Å². The molecule has 6 heteroatoms. The minimum Gasteiger partial charge on any atom is -0.454 e. The highest BCUT2D eigenvalue weighted by Gasteiger charge is 2.28. The minimum atomic E-state index is -3.46.